The first-order valence-corrected chi connectivity index (χ1v) is 7.80. The molecule has 0 fully saturated rings. The number of methoxy groups -OCH3 is 1. The summed E-state index contributed by atoms with van der Waals surface area (Å²) in [7, 11) is -2.26. The molecule has 2 rings (SSSR count). The highest BCUT2D eigenvalue weighted by Gasteiger charge is 2.27. The number of ether oxygens (including phenoxy) is 1. The smallest absolute Gasteiger partial charge is 0.259 e. The zero-order chi connectivity index (χ0) is 15.0. The predicted octanol–water partition coefficient (Wildman–Crippen LogP) is 1.69. The Morgan fingerprint density at radius 1 is 1.45 bits per heavy atom. The van der Waals surface area contributed by atoms with Gasteiger partial charge in [-0.3, -0.25) is 4.40 Å². The molecule has 2 heterocycles. The molecular formula is C12H16ClN3O3S. The van der Waals surface area contributed by atoms with Gasteiger partial charge < -0.3 is 4.74 Å². The molecule has 0 radical (unpaired) electrons. The number of nitrogens with one attached hydrogen (secondary N) is 1. The molecule has 0 aromatic carbocycles. The number of rotatable bonds is 5. The van der Waals surface area contributed by atoms with E-state index in [2.05, 4.69) is 9.71 Å². The zero-order valence-corrected chi connectivity index (χ0v) is 13.0. The van der Waals surface area contributed by atoms with Crippen LogP contribution in [0.2, 0.25) is 5.15 Å². The van der Waals surface area contributed by atoms with E-state index in [1.54, 1.807) is 38.2 Å². The van der Waals surface area contributed by atoms with E-state index in [0.717, 1.165) is 0 Å². The van der Waals surface area contributed by atoms with Gasteiger partial charge in [-0.05, 0) is 26.0 Å². The van der Waals surface area contributed by atoms with Gasteiger partial charge in [0.15, 0.2) is 10.2 Å². The molecule has 20 heavy (non-hydrogen) atoms. The van der Waals surface area contributed by atoms with Crippen molar-refractivity contribution in [1.82, 2.24) is 14.1 Å². The van der Waals surface area contributed by atoms with Crippen molar-refractivity contribution >= 4 is 27.3 Å². The summed E-state index contributed by atoms with van der Waals surface area (Å²) in [5.74, 6) is 0. The molecule has 0 aliphatic heterocycles. The summed E-state index contributed by atoms with van der Waals surface area (Å²) in [6.07, 6.45) is 1.60. The quantitative estimate of drug-likeness (QED) is 0.911. The third kappa shape index (κ3) is 2.95. The summed E-state index contributed by atoms with van der Waals surface area (Å²) in [5.41, 5.74) is -0.135. The molecule has 0 saturated heterocycles. The molecule has 1 N–H and O–H groups in total. The van der Waals surface area contributed by atoms with Crippen LogP contribution in [0.1, 0.15) is 13.8 Å². The van der Waals surface area contributed by atoms with Crippen molar-refractivity contribution in [2.24, 2.45) is 0 Å². The van der Waals surface area contributed by atoms with Gasteiger partial charge in [0.1, 0.15) is 5.65 Å². The first kappa shape index (κ1) is 15.2. The average Bonchev–Trinajstić information content (AvgIpc) is 2.73. The maximum absolute atomic E-state index is 12.4. The van der Waals surface area contributed by atoms with Gasteiger partial charge in [0.25, 0.3) is 10.0 Å². The van der Waals surface area contributed by atoms with Crippen LogP contribution in [0.3, 0.4) is 0 Å². The minimum atomic E-state index is -3.78. The number of pyridine rings is 1. The van der Waals surface area contributed by atoms with E-state index in [4.69, 9.17) is 16.3 Å². The Bertz CT molecular complexity index is 725. The Labute approximate surface area is 122 Å². The van der Waals surface area contributed by atoms with Crippen molar-refractivity contribution in [3.05, 3.63) is 29.5 Å². The minimum absolute atomic E-state index is 0.0566. The van der Waals surface area contributed by atoms with Crippen LogP contribution < -0.4 is 4.72 Å². The predicted molar refractivity (Wildman–Crippen MR) is 76.5 cm³/mol. The Balaban J connectivity index is 2.40. The lowest BCUT2D eigenvalue weighted by Crippen LogP contribution is -2.40. The van der Waals surface area contributed by atoms with E-state index >= 15 is 0 Å². The van der Waals surface area contributed by atoms with E-state index in [1.165, 1.54) is 11.5 Å². The summed E-state index contributed by atoms with van der Waals surface area (Å²) in [6.45, 7) is 3.69. The largest absolute Gasteiger partial charge is 0.377 e. The van der Waals surface area contributed by atoms with Gasteiger partial charge in [0.2, 0.25) is 0 Å². The standard InChI is InChI=1S/C12H16ClN3O3S/c1-12(2,19-3)8-14-20(17,18)11-10(13)15-9-6-4-5-7-16(9)11/h4-7,14H,8H2,1-3H3. The van der Waals surface area contributed by atoms with Crippen LogP contribution >= 0.6 is 11.6 Å². The van der Waals surface area contributed by atoms with Crippen molar-refractivity contribution in [3.63, 3.8) is 0 Å². The molecule has 2 aromatic rings. The van der Waals surface area contributed by atoms with Gasteiger partial charge in [0.05, 0.1) is 5.60 Å². The molecule has 0 aliphatic carbocycles. The van der Waals surface area contributed by atoms with Crippen LogP contribution in [0, 0.1) is 0 Å². The van der Waals surface area contributed by atoms with Crippen molar-refractivity contribution < 1.29 is 13.2 Å². The molecular weight excluding hydrogens is 302 g/mol. The number of aromatic nitrogens is 2. The fraction of sp³-hybridized carbons (Fsp3) is 0.417. The van der Waals surface area contributed by atoms with Crippen LogP contribution in [-0.2, 0) is 14.8 Å². The number of halogens is 1. The lowest BCUT2D eigenvalue weighted by molar-refractivity contribution is 0.0276. The number of imidazole rings is 1. The van der Waals surface area contributed by atoms with Gasteiger partial charge in [-0.2, -0.15) is 0 Å². The molecule has 2 aromatic heterocycles. The van der Waals surface area contributed by atoms with Gasteiger partial charge in [-0.15, -0.1) is 0 Å². The molecule has 6 nitrogen and oxygen atoms in total. The molecule has 0 saturated carbocycles. The number of nitrogens with zero attached hydrogens (tertiary/aromatic N) is 2. The second-order valence-corrected chi connectivity index (χ2v) is 6.97. The van der Waals surface area contributed by atoms with Gasteiger partial charge in [-0.1, -0.05) is 17.7 Å². The fourth-order valence-electron chi connectivity index (χ4n) is 1.59. The molecule has 0 bridgehead atoms. The summed E-state index contributed by atoms with van der Waals surface area (Å²) >= 11 is 5.95. The van der Waals surface area contributed by atoms with Crippen LogP contribution in [-0.4, -0.2) is 37.1 Å². The SMILES string of the molecule is COC(C)(C)CNS(=O)(=O)c1c(Cl)nc2ccccn12. The first-order valence-electron chi connectivity index (χ1n) is 5.94. The topological polar surface area (TPSA) is 72.7 Å². The number of hydrogen-bond donors (Lipinski definition) is 1. The first-order chi connectivity index (χ1) is 9.27. The summed E-state index contributed by atoms with van der Waals surface area (Å²) < 4.78 is 33.9. The average molecular weight is 318 g/mol. The van der Waals surface area contributed by atoms with Crippen LogP contribution in [0.4, 0.5) is 0 Å². The van der Waals surface area contributed by atoms with Gasteiger partial charge in [0, 0.05) is 19.9 Å². The summed E-state index contributed by atoms with van der Waals surface area (Å²) in [6, 6.07) is 5.16. The highest BCUT2D eigenvalue weighted by molar-refractivity contribution is 7.89. The monoisotopic (exact) mass is 317 g/mol. The van der Waals surface area contributed by atoms with Crippen molar-refractivity contribution in [2.45, 2.75) is 24.5 Å². The Kier molecular flexibility index (Phi) is 4.06. The number of fused-ring (bicyclic) bond motifs is 1. The molecule has 8 heteroatoms. The van der Waals surface area contributed by atoms with E-state index < -0.39 is 15.6 Å². The van der Waals surface area contributed by atoms with E-state index in [1.807, 2.05) is 0 Å². The summed E-state index contributed by atoms with van der Waals surface area (Å²) in [5, 5.41) is -0.124. The molecule has 0 unspecified atom stereocenters. The molecule has 0 spiro atoms. The Morgan fingerprint density at radius 3 is 2.80 bits per heavy atom. The van der Waals surface area contributed by atoms with Gasteiger partial charge >= 0.3 is 0 Å². The third-order valence-electron chi connectivity index (χ3n) is 2.94. The Hall–Kier alpha value is -1.15. The molecule has 0 amide bonds. The number of sulfonamides is 1. The van der Waals surface area contributed by atoms with Crippen molar-refractivity contribution in [1.29, 1.82) is 0 Å². The second kappa shape index (κ2) is 5.33. The second-order valence-electron chi connectivity index (χ2n) is 4.92. The Morgan fingerprint density at radius 2 is 2.15 bits per heavy atom. The van der Waals surface area contributed by atoms with Crippen LogP contribution in [0.25, 0.3) is 5.65 Å². The highest BCUT2D eigenvalue weighted by Crippen LogP contribution is 2.22. The maximum Gasteiger partial charge on any atom is 0.259 e. The highest BCUT2D eigenvalue weighted by atomic mass is 35.5. The maximum atomic E-state index is 12.4. The van der Waals surface area contributed by atoms with Crippen molar-refractivity contribution in [3.8, 4) is 0 Å². The normalized spacial score (nSPS) is 13.0. The van der Waals surface area contributed by atoms with E-state index in [9.17, 15) is 8.42 Å². The molecule has 0 atom stereocenters. The number of hydrogen-bond acceptors (Lipinski definition) is 4. The van der Waals surface area contributed by atoms with Crippen LogP contribution in [0.5, 0.6) is 0 Å². The van der Waals surface area contributed by atoms with E-state index in [-0.39, 0.29) is 16.7 Å². The molecule has 0 aliphatic rings. The lowest BCUT2D eigenvalue weighted by Gasteiger charge is -2.22. The third-order valence-corrected chi connectivity index (χ3v) is 4.74. The van der Waals surface area contributed by atoms with Crippen LogP contribution in [0.15, 0.2) is 29.4 Å². The van der Waals surface area contributed by atoms with E-state index in [0.29, 0.717) is 5.65 Å². The summed E-state index contributed by atoms with van der Waals surface area (Å²) in [4.78, 5) is 4.02. The van der Waals surface area contributed by atoms with Crippen molar-refractivity contribution in [2.75, 3.05) is 13.7 Å². The minimum Gasteiger partial charge on any atom is -0.377 e. The molecule has 110 valence electrons. The lowest BCUT2D eigenvalue weighted by atomic mass is 10.1. The van der Waals surface area contributed by atoms with Gasteiger partial charge in [-0.25, -0.2) is 18.1 Å². The zero-order valence-electron chi connectivity index (χ0n) is 11.4. The fourth-order valence-corrected chi connectivity index (χ4v) is 3.43.